The first kappa shape index (κ1) is 19.2. The Bertz CT molecular complexity index is 580. The first-order valence-electron chi connectivity index (χ1n) is 7.04. The minimum atomic E-state index is -4.48. The van der Waals surface area contributed by atoms with Gasteiger partial charge in [-0.15, -0.1) is 11.8 Å². The summed E-state index contributed by atoms with van der Waals surface area (Å²) in [5, 5.41) is 11.0. The number of anilines is 2. The number of hydrogen-bond donors (Lipinski definition) is 1. The van der Waals surface area contributed by atoms with Gasteiger partial charge < -0.3 is 10.2 Å². The molecule has 1 N–H and O–H groups in total. The predicted octanol–water partition coefficient (Wildman–Crippen LogP) is 3.75. The summed E-state index contributed by atoms with van der Waals surface area (Å²) in [7, 11) is 0. The zero-order chi connectivity index (χ0) is 17.5. The van der Waals surface area contributed by atoms with E-state index >= 15 is 0 Å². The van der Waals surface area contributed by atoms with Crippen LogP contribution in [-0.4, -0.2) is 30.5 Å². The summed E-state index contributed by atoms with van der Waals surface area (Å²) in [4.78, 5) is 13.7. The summed E-state index contributed by atoms with van der Waals surface area (Å²) in [5.74, 6) is -0.265. The molecule has 8 heteroatoms. The molecule has 23 heavy (non-hydrogen) atoms. The SMILES string of the molecule is CCN(CC)c1ccc(C(F)(F)F)cc1NC(=O)CSCC#N. The Balaban J connectivity index is 3.08. The molecule has 0 radical (unpaired) electrons. The largest absolute Gasteiger partial charge is 0.416 e. The zero-order valence-electron chi connectivity index (χ0n) is 12.9. The van der Waals surface area contributed by atoms with Gasteiger partial charge in [0.05, 0.1) is 34.5 Å². The minimum Gasteiger partial charge on any atom is -0.370 e. The van der Waals surface area contributed by atoms with Crippen molar-refractivity contribution in [3.63, 3.8) is 0 Å². The van der Waals surface area contributed by atoms with Crippen molar-refractivity contribution in [2.45, 2.75) is 20.0 Å². The molecular weight excluding hydrogens is 327 g/mol. The van der Waals surface area contributed by atoms with Gasteiger partial charge in [-0.25, -0.2) is 0 Å². The van der Waals surface area contributed by atoms with Crippen LogP contribution in [0.1, 0.15) is 19.4 Å². The van der Waals surface area contributed by atoms with E-state index in [0.717, 1.165) is 23.9 Å². The third kappa shape index (κ3) is 5.67. The number of alkyl halides is 3. The van der Waals surface area contributed by atoms with Crippen molar-refractivity contribution in [2.75, 3.05) is 34.8 Å². The average Bonchev–Trinajstić information content (AvgIpc) is 2.49. The van der Waals surface area contributed by atoms with Crippen LogP contribution in [0.5, 0.6) is 0 Å². The highest BCUT2D eigenvalue weighted by Crippen LogP contribution is 2.35. The van der Waals surface area contributed by atoms with Crippen LogP contribution in [0.25, 0.3) is 0 Å². The Morgan fingerprint density at radius 1 is 1.35 bits per heavy atom. The van der Waals surface area contributed by atoms with Crippen molar-refractivity contribution < 1.29 is 18.0 Å². The molecule has 0 aliphatic heterocycles. The molecule has 1 amide bonds. The molecule has 4 nitrogen and oxygen atoms in total. The van der Waals surface area contributed by atoms with E-state index in [4.69, 9.17) is 5.26 Å². The van der Waals surface area contributed by atoms with Crippen LogP contribution in [0.2, 0.25) is 0 Å². The smallest absolute Gasteiger partial charge is 0.370 e. The predicted molar refractivity (Wildman–Crippen MR) is 86.6 cm³/mol. The lowest BCUT2D eigenvalue weighted by molar-refractivity contribution is -0.137. The van der Waals surface area contributed by atoms with Gasteiger partial charge in [-0.05, 0) is 32.0 Å². The lowest BCUT2D eigenvalue weighted by Gasteiger charge is -2.25. The lowest BCUT2D eigenvalue weighted by Crippen LogP contribution is -2.25. The molecule has 0 aliphatic rings. The minimum absolute atomic E-state index is 0.0154. The van der Waals surface area contributed by atoms with Gasteiger partial charge in [0.15, 0.2) is 0 Å². The number of carbonyl (C=O) groups is 1. The highest BCUT2D eigenvalue weighted by atomic mass is 32.2. The van der Waals surface area contributed by atoms with Crippen LogP contribution in [0, 0.1) is 11.3 Å². The standard InChI is InChI=1S/C15H18F3N3OS/c1-3-21(4-2)13-6-5-11(15(16,17)18)9-12(13)20-14(22)10-23-8-7-19/h5-6,9H,3-4,8,10H2,1-2H3,(H,20,22). The van der Waals surface area contributed by atoms with Gasteiger partial charge in [0, 0.05) is 13.1 Å². The summed E-state index contributed by atoms with van der Waals surface area (Å²) in [6, 6.07) is 5.21. The summed E-state index contributed by atoms with van der Waals surface area (Å²) in [6.07, 6.45) is -4.48. The van der Waals surface area contributed by atoms with E-state index in [0.29, 0.717) is 18.8 Å². The van der Waals surface area contributed by atoms with Gasteiger partial charge in [-0.2, -0.15) is 18.4 Å². The van der Waals surface area contributed by atoms with Gasteiger partial charge in [0.1, 0.15) is 0 Å². The normalized spacial score (nSPS) is 11.0. The average molecular weight is 345 g/mol. The van der Waals surface area contributed by atoms with Gasteiger partial charge >= 0.3 is 6.18 Å². The van der Waals surface area contributed by atoms with Crippen molar-refractivity contribution in [3.8, 4) is 6.07 Å². The van der Waals surface area contributed by atoms with Crippen molar-refractivity contribution in [2.24, 2.45) is 0 Å². The third-order valence-electron chi connectivity index (χ3n) is 3.10. The monoisotopic (exact) mass is 345 g/mol. The topological polar surface area (TPSA) is 56.1 Å². The van der Waals surface area contributed by atoms with E-state index in [9.17, 15) is 18.0 Å². The van der Waals surface area contributed by atoms with E-state index in [1.165, 1.54) is 6.07 Å². The fraction of sp³-hybridized carbons (Fsp3) is 0.467. The Kier molecular flexibility index (Phi) is 7.23. The quantitative estimate of drug-likeness (QED) is 0.765. The molecule has 0 bridgehead atoms. The Hall–Kier alpha value is -1.88. The molecule has 1 aromatic carbocycles. The Morgan fingerprint density at radius 2 is 2.00 bits per heavy atom. The number of rotatable bonds is 7. The van der Waals surface area contributed by atoms with E-state index in [1.807, 2.05) is 24.8 Å². The first-order valence-corrected chi connectivity index (χ1v) is 8.19. The molecule has 0 unspecified atom stereocenters. The molecule has 1 rings (SSSR count). The molecule has 0 heterocycles. The molecule has 1 aromatic rings. The molecule has 0 aliphatic carbocycles. The molecule has 0 spiro atoms. The number of nitriles is 1. The van der Waals surface area contributed by atoms with E-state index < -0.39 is 17.6 Å². The number of amides is 1. The second-order valence-corrected chi connectivity index (χ2v) is 5.59. The number of nitrogens with one attached hydrogen (secondary N) is 1. The summed E-state index contributed by atoms with van der Waals surface area (Å²) >= 11 is 1.11. The lowest BCUT2D eigenvalue weighted by atomic mass is 10.1. The first-order chi connectivity index (χ1) is 10.8. The molecule has 0 saturated carbocycles. The van der Waals surface area contributed by atoms with Crippen LogP contribution in [0.4, 0.5) is 24.5 Å². The summed E-state index contributed by atoms with van der Waals surface area (Å²) in [6.45, 7) is 4.98. The third-order valence-corrected chi connectivity index (χ3v) is 3.90. The van der Waals surface area contributed by atoms with Crippen molar-refractivity contribution in [3.05, 3.63) is 23.8 Å². The number of halogens is 3. The van der Waals surface area contributed by atoms with Crippen molar-refractivity contribution in [1.82, 2.24) is 0 Å². The number of carbonyl (C=O) groups excluding carboxylic acids is 1. The Labute approximate surface area is 137 Å². The second kappa shape index (κ2) is 8.67. The van der Waals surface area contributed by atoms with E-state index in [1.54, 1.807) is 0 Å². The fourth-order valence-corrected chi connectivity index (χ4v) is 2.48. The van der Waals surface area contributed by atoms with E-state index in [-0.39, 0.29) is 17.2 Å². The van der Waals surface area contributed by atoms with Gasteiger partial charge in [-0.1, -0.05) is 0 Å². The zero-order valence-corrected chi connectivity index (χ0v) is 13.7. The second-order valence-electron chi connectivity index (χ2n) is 4.60. The fourth-order valence-electron chi connectivity index (χ4n) is 2.03. The van der Waals surface area contributed by atoms with Crippen molar-refractivity contribution in [1.29, 1.82) is 5.26 Å². The highest BCUT2D eigenvalue weighted by Gasteiger charge is 2.31. The summed E-state index contributed by atoms with van der Waals surface area (Å²) in [5.41, 5.74) is -0.138. The highest BCUT2D eigenvalue weighted by molar-refractivity contribution is 8.00. The molecule has 126 valence electrons. The molecule has 0 fully saturated rings. The molecule has 0 aromatic heterocycles. The number of thioether (sulfide) groups is 1. The van der Waals surface area contributed by atoms with Crippen LogP contribution in [0.3, 0.4) is 0 Å². The van der Waals surface area contributed by atoms with Gasteiger partial charge in [-0.3, -0.25) is 4.79 Å². The maximum atomic E-state index is 12.9. The molecular formula is C15H18F3N3OS. The maximum absolute atomic E-state index is 12.9. The van der Waals surface area contributed by atoms with Crippen molar-refractivity contribution >= 4 is 29.0 Å². The van der Waals surface area contributed by atoms with Crippen LogP contribution < -0.4 is 10.2 Å². The van der Waals surface area contributed by atoms with Crippen LogP contribution >= 0.6 is 11.8 Å². The van der Waals surface area contributed by atoms with Gasteiger partial charge in [0.2, 0.25) is 5.91 Å². The van der Waals surface area contributed by atoms with Gasteiger partial charge in [0.25, 0.3) is 0 Å². The van der Waals surface area contributed by atoms with Crippen LogP contribution in [0.15, 0.2) is 18.2 Å². The summed E-state index contributed by atoms with van der Waals surface area (Å²) < 4.78 is 38.7. The molecule has 0 saturated heterocycles. The maximum Gasteiger partial charge on any atom is 0.416 e. The van der Waals surface area contributed by atoms with E-state index in [2.05, 4.69) is 5.32 Å². The van der Waals surface area contributed by atoms with Crippen LogP contribution in [-0.2, 0) is 11.0 Å². The molecule has 0 atom stereocenters. The number of nitrogens with zero attached hydrogens (tertiary/aromatic N) is 2. The Morgan fingerprint density at radius 3 is 2.52 bits per heavy atom. The number of hydrogen-bond acceptors (Lipinski definition) is 4. The number of benzene rings is 1.